The second kappa shape index (κ2) is 8.61. The third-order valence-electron chi connectivity index (χ3n) is 5.59. The number of nitrogens with zero attached hydrogens (tertiary/aromatic N) is 4. The number of aromatic nitrogens is 4. The van der Waals surface area contributed by atoms with Gasteiger partial charge in [0.15, 0.2) is 27.0 Å². The Bertz CT molecular complexity index is 978. The van der Waals surface area contributed by atoms with Gasteiger partial charge in [0.2, 0.25) is 0 Å². The largest absolute Gasteiger partial charge is 0.456 e. The van der Waals surface area contributed by atoms with Crippen molar-refractivity contribution < 1.29 is 17.9 Å². The molecule has 29 heavy (non-hydrogen) atoms. The first kappa shape index (κ1) is 21.4. The third-order valence-corrected chi connectivity index (χ3v) is 8.22. The normalized spacial score (nSPS) is 16.1. The standard InChI is InChI=1S/C20H28N4O4S/c1-4-5-12-24-18(21-22-23-24)14-28-19(25)20(10-6-7-11-20)29(26,27)17-13-15(2)8-9-16(17)3/h8-9,13H,4-7,10-12,14H2,1-3H3. The first-order valence-electron chi connectivity index (χ1n) is 10.1. The molecule has 8 nitrogen and oxygen atoms in total. The lowest BCUT2D eigenvalue weighted by Gasteiger charge is -2.27. The van der Waals surface area contributed by atoms with Gasteiger partial charge in [0.1, 0.15) is 0 Å². The summed E-state index contributed by atoms with van der Waals surface area (Å²) in [6.07, 6.45) is 3.76. The van der Waals surface area contributed by atoms with E-state index < -0.39 is 20.6 Å². The van der Waals surface area contributed by atoms with Gasteiger partial charge in [0, 0.05) is 6.54 Å². The number of sulfone groups is 1. The smallest absolute Gasteiger partial charge is 0.328 e. The average molecular weight is 421 g/mol. The van der Waals surface area contributed by atoms with Gasteiger partial charge in [0.05, 0.1) is 4.90 Å². The van der Waals surface area contributed by atoms with Crippen LogP contribution in [0.1, 0.15) is 62.4 Å². The molecule has 0 aliphatic heterocycles. The molecule has 0 spiro atoms. The number of hydrogen-bond donors (Lipinski definition) is 0. The van der Waals surface area contributed by atoms with E-state index in [0.29, 0.717) is 30.8 Å². The molecule has 0 saturated heterocycles. The van der Waals surface area contributed by atoms with E-state index >= 15 is 0 Å². The summed E-state index contributed by atoms with van der Waals surface area (Å²) in [4.78, 5) is 13.3. The molecule has 0 amide bonds. The zero-order valence-electron chi connectivity index (χ0n) is 17.2. The summed E-state index contributed by atoms with van der Waals surface area (Å²) < 4.78 is 32.7. The quantitative estimate of drug-likeness (QED) is 0.605. The topological polar surface area (TPSA) is 104 Å². The molecule has 3 rings (SSSR count). The van der Waals surface area contributed by atoms with Crippen molar-refractivity contribution in [1.29, 1.82) is 0 Å². The molecule has 1 saturated carbocycles. The van der Waals surface area contributed by atoms with Gasteiger partial charge in [-0.15, -0.1) is 5.10 Å². The van der Waals surface area contributed by atoms with Crippen molar-refractivity contribution in [3.05, 3.63) is 35.2 Å². The summed E-state index contributed by atoms with van der Waals surface area (Å²) in [7, 11) is -3.90. The summed E-state index contributed by atoms with van der Waals surface area (Å²) in [5.74, 6) is -0.287. The second-order valence-electron chi connectivity index (χ2n) is 7.72. The molecule has 0 atom stereocenters. The van der Waals surface area contributed by atoms with Crippen LogP contribution in [0.4, 0.5) is 0 Å². The van der Waals surface area contributed by atoms with Gasteiger partial charge in [-0.25, -0.2) is 13.1 Å². The molecule has 1 aromatic carbocycles. The van der Waals surface area contributed by atoms with Gasteiger partial charge in [-0.05, 0) is 60.7 Å². The molecule has 0 N–H and O–H groups in total. The van der Waals surface area contributed by atoms with E-state index in [1.165, 1.54) is 0 Å². The minimum Gasteiger partial charge on any atom is -0.456 e. The van der Waals surface area contributed by atoms with Crippen LogP contribution in [0.3, 0.4) is 0 Å². The fourth-order valence-electron chi connectivity index (χ4n) is 3.81. The van der Waals surface area contributed by atoms with Crippen LogP contribution in [-0.4, -0.2) is 39.3 Å². The van der Waals surface area contributed by atoms with Crippen molar-refractivity contribution in [1.82, 2.24) is 20.2 Å². The summed E-state index contributed by atoms with van der Waals surface area (Å²) in [5.41, 5.74) is 1.48. The summed E-state index contributed by atoms with van der Waals surface area (Å²) in [6, 6.07) is 5.28. The highest BCUT2D eigenvalue weighted by atomic mass is 32.2. The Morgan fingerprint density at radius 1 is 1.24 bits per heavy atom. The van der Waals surface area contributed by atoms with Gasteiger partial charge in [-0.1, -0.05) is 38.3 Å². The minimum absolute atomic E-state index is 0.139. The first-order valence-corrected chi connectivity index (χ1v) is 11.5. The lowest BCUT2D eigenvalue weighted by Crippen LogP contribution is -2.45. The molecule has 0 radical (unpaired) electrons. The molecule has 9 heteroatoms. The average Bonchev–Trinajstić information content (AvgIpc) is 3.36. The molecule has 1 aromatic heterocycles. The fourth-order valence-corrected chi connectivity index (χ4v) is 6.16. The number of hydrogen-bond acceptors (Lipinski definition) is 7. The number of carbonyl (C=O) groups excluding carboxylic acids is 1. The first-order chi connectivity index (χ1) is 13.8. The molecule has 1 aliphatic carbocycles. The highest BCUT2D eigenvalue weighted by Gasteiger charge is 2.54. The van der Waals surface area contributed by atoms with E-state index in [0.717, 1.165) is 18.4 Å². The summed E-state index contributed by atoms with van der Waals surface area (Å²) in [6.45, 7) is 6.14. The number of aryl methyl sites for hydroxylation is 3. The molecule has 0 unspecified atom stereocenters. The Morgan fingerprint density at radius 2 is 1.97 bits per heavy atom. The van der Waals surface area contributed by atoms with Crippen molar-refractivity contribution in [3.8, 4) is 0 Å². The third kappa shape index (κ3) is 4.05. The number of unbranched alkanes of at least 4 members (excludes halogenated alkanes) is 1. The number of tetrazole rings is 1. The van der Waals surface area contributed by atoms with Crippen LogP contribution in [0.15, 0.2) is 23.1 Å². The fraction of sp³-hybridized carbons (Fsp3) is 0.600. The van der Waals surface area contributed by atoms with Gasteiger partial charge in [-0.3, -0.25) is 4.79 Å². The van der Waals surface area contributed by atoms with Gasteiger partial charge < -0.3 is 4.74 Å². The van der Waals surface area contributed by atoms with Gasteiger partial charge >= 0.3 is 5.97 Å². The van der Waals surface area contributed by atoms with Crippen molar-refractivity contribution in [2.24, 2.45) is 0 Å². The monoisotopic (exact) mass is 420 g/mol. The van der Waals surface area contributed by atoms with E-state index in [4.69, 9.17) is 4.74 Å². The van der Waals surface area contributed by atoms with E-state index in [1.54, 1.807) is 23.7 Å². The number of ether oxygens (including phenoxy) is 1. The molecule has 2 aromatic rings. The molecule has 158 valence electrons. The Hall–Kier alpha value is -2.29. The number of benzene rings is 1. The van der Waals surface area contributed by atoms with Crippen molar-refractivity contribution in [2.75, 3.05) is 0 Å². The maximum absolute atomic E-state index is 13.6. The zero-order valence-corrected chi connectivity index (χ0v) is 18.0. The van der Waals surface area contributed by atoms with Crippen LogP contribution in [0.2, 0.25) is 0 Å². The number of carbonyl (C=O) groups is 1. The Kier molecular flexibility index (Phi) is 6.36. The van der Waals surface area contributed by atoms with Crippen LogP contribution in [0.5, 0.6) is 0 Å². The van der Waals surface area contributed by atoms with Crippen LogP contribution < -0.4 is 0 Å². The van der Waals surface area contributed by atoms with E-state index in [9.17, 15) is 13.2 Å². The summed E-state index contributed by atoms with van der Waals surface area (Å²) >= 11 is 0. The molecule has 1 fully saturated rings. The Labute approximate surface area is 171 Å². The van der Waals surface area contributed by atoms with E-state index in [1.807, 2.05) is 13.0 Å². The minimum atomic E-state index is -3.90. The zero-order chi connectivity index (χ0) is 21.1. The van der Waals surface area contributed by atoms with Gasteiger partial charge in [-0.2, -0.15) is 0 Å². The predicted octanol–water partition coefficient (Wildman–Crippen LogP) is 2.92. The molecule has 1 heterocycles. The van der Waals surface area contributed by atoms with E-state index in [2.05, 4.69) is 22.4 Å². The highest BCUT2D eigenvalue weighted by molar-refractivity contribution is 7.93. The van der Waals surface area contributed by atoms with Gasteiger partial charge in [0.25, 0.3) is 0 Å². The number of esters is 1. The van der Waals surface area contributed by atoms with Crippen LogP contribution >= 0.6 is 0 Å². The van der Waals surface area contributed by atoms with Crippen LogP contribution in [0, 0.1) is 13.8 Å². The highest BCUT2D eigenvalue weighted by Crippen LogP contribution is 2.42. The predicted molar refractivity (Wildman–Crippen MR) is 107 cm³/mol. The van der Waals surface area contributed by atoms with E-state index in [-0.39, 0.29) is 24.3 Å². The summed E-state index contributed by atoms with van der Waals surface area (Å²) in [5, 5.41) is 11.5. The van der Waals surface area contributed by atoms with Crippen LogP contribution in [0.25, 0.3) is 0 Å². The van der Waals surface area contributed by atoms with Crippen molar-refractivity contribution >= 4 is 15.8 Å². The van der Waals surface area contributed by atoms with Crippen LogP contribution in [-0.2, 0) is 32.5 Å². The SMILES string of the molecule is CCCCn1nnnc1COC(=O)C1(S(=O)(=O)c2cc(C)ccc2C)CCCC1. The Balaban J connectivity index is 1.86. The number of rotatable bonds is 8. The molecule has 0 bridgehead atoms. The van der Waals surface area contributed by atoms with Crippen molar-refractivity contribution in [3.63, 3.8) is 0 Å². The maximum atomic E-state index is 13.6. The second-order valence-corrected chi connectivity index (χ2v) is 9.95. The molecular formula is C20H28N4O4S. The molecule has 1 aliphatic rings. The van der Waals surface area contributed by atoms with Crippen molar-refractivity contribution in [2.45, 2.75) is 82.1 Å². The maximum Gasteiger partial charge on any atom is 0.328 e. The molecular weight excluding hydrogens is 392 g/mol. The lowest BCUT2D eigenvalue weighted by atomic mass is 10.1. The Morgan fingerprint density at radius 3 is 2.66 bits per heavy atom. The lowest BCUT2D eigenvalue weighted by molar-refractivity contribution is -0.148.